The molecule has 2 aromatic rings. The van der Waals surface area contributed by atoms with Gasteiger partial charge in [-0.2, -0.15) is 0 Å². The van der Waals surface area contributed by atoms with Crippen LogP contribution >= 0.6 is 0 Å². The van der Waals surface area contributed by atoms with Crippen molar-refractivity contribution in [3.8, 4) is 0 Å². The van der Waals surface area contributed by atoms with Crippen molar-refractivity contribution < 1.29 is 4.74 Å². The Morgan fingerprint density at radius 2 is 1.71 bits per heavy atom. The number of benzene rings is 2. The van der Waals surface area contributed by atoms with Crippen LogP contribution in [-0.4, -0.2) is 30.7 Å². The van der Waals surface area contributed by atoms with Gasteiger partial charge in [0.2, 0.25) is 0 Å². The smallest absolute Gasteiger partial charge is 0.0952 e. The van der Waals surface area contributed by atoms with Crippen LogP contribution in [-0.2, 0) is 11.3 Å². The Morgan fingerprint density at radius 1 is 1.05 bits per heavy atom. The molecule has 1 atom stereocenters. The molecular formula is C19H21NO. The maximum absolute atomic E-state index is 5.92. The molecule has 1 heterocycles. The summed E-state index contributed by atoms with van der Waals surface area (Å²) < 4.78 is 5.92. The van der Waals surface area contributed by atoms with E-state index in [0.717, 1.165) is 31.8 Å². The number of hydrogen-bond donors (Lipinski definition) is 0. The Kier molecular flexibility index (Phi) is 4.49. The number of nitrogens with zero attached hydrogens (tertiary/aromatic N) is 1. The predicted octanol–water partition coefficient (Wildman–Crippen LogP) is 3.60. The Labute approximate surface area is 126 Å². The van der Waals surface area contributed by atoms with Crippen LogP contribution in [0.25, 0.3) is 5.57 Å². The molecule has 0 unspecified atom stereocenters. The van der Waals surface area contributed by atoms with Gasteiger partial charge in [-0.25, -0.2) is 0 Å². The maximum Gasteiger partial charge on any atom is 0.0952 e. The fourth-order valence-corrected chi connectivity index (χ4v) is 2.74. The lowest BCUT2D eigenvalue weighted by molar-refractivity contribution is -0.00129. The molecule has 1 aliphatic heterocycles. The summed E-state index contributed by atoms with van der Waals surface area (Å²) in [6.07, 6.45) is 0.0878. The molecule has 0 N–H and O–H groups in total. The molecular weight excluding hydrogens is 258 g/mol. The third-order valence-electron chi connectivity index (χ3n) is 3.93. The quantitative estimate of drug-likeness (QED) is 0.848. The summed E-state index contributed by atoms with van der Waals surface area (Å²) in [6.45, 7) is 7.87. The summed E-state index contributed by atoms with van der Waals surface area (Å²) >= 11 is 0. The summed E-state index contributed by atoms with van der Waals surface area (Å²) in [5.41, 5.74) is 3.60. The number of ether oxygens (including phenoxy) is 1. The van der Waals surface area contributed by atoms with E-state index < -0.39 is 0 Å². The molecule has 3 rings (SSSR count). The van der Waals surface area contributed by atoms with Gasteiger partial charge in [0.1, 0.15) is 0 Å². The molecule has 0 aromatic heterocycles. The van der Waals surface area contributed by atoms with Gasteiger partial charge in [0, 0.05) is 19.6 Å². The van der Waals surface area contributed by atoms with Gasteiger partial charge in [-0.3, -0.25) is 4.90 Å². The van der Waals surface area contributed by atoms with E-state index in [2.05, 4.69) is 53.9 Å². The van der Waals surface area contributed by atoms with E-state index in [1.807, 2.05) is 18.2 Å². The van der Waals surface area contributed by atoms with Crippen LogP contribution in [0.5, 0.6) is 0 Å². The summed E-state index contributed by atoms with van der Waals surface area (Å²) in [6, 6.07) is 20.9. The average molecular weight is 279 g/mol. The Hall–Kier alpha value is -1.90. The predicted molar refractivity (Wildman–Crippen MR) is 86.9 cm³/mol. The summed E-state index contributed by atoms with van der Waals surface area (Å²) in [5.74, 6) is 0. The van der Waals surface area contributed by atoms with Crippen molar-refractivity contribution in [1.29, 1.82) is 0 Å². The molecule has 2 nitrogen and oxygen atoms in total. The van der Waals surface area contributed by atoms with Crippen LogP contribution in [0.3, 0.4) is 0 Å². The van der Waals surface area contributed by atoms with Crippen molar-refractivity contribution in [1.82, 2.24) is 4.90 Å². The monoisotopic (exact) mass is 279 g/mol. The van der Waals surface area contributed by atoms with Crippen molar-refractivity contribution in [2.75, 3.05) is 19.7 Å². The van der Waals surface area contributed by atoms with Gasteiger partial charge >= 0.3 is 0 Å². The average Bonchev–Trinajstić information content (AvgIpc) is 2.56. The van der Waals surface area contributed by atoms with Gasteiger partial charge < -0.3 is 4.74 Å². The number of morpholine rings is 1. The SMILES string of the molecule is C=C(c1ccccc1)[C@H]1CN(Cc2ccccc2)CCO1. The van der Waals surface area contributed by atoms with Crippen LogP contribution in [0, 0.1) is 0 Å². The molecule has 0 radical (unpaired) electrons. The van der Waals surface area contributed by atoms with Crippen molar-refractivity contribution in [3.63, 3.8) is 0 Å². The molecule has 0 saturated carbocycles. The van der Waals surface area contributed by atoms with E-state index in [1.165, 1.54) is 11.1 Å². The van der Waals surface area contributed by atoms with Crippen molar-refractivity contribution >= 4 is 5.57 Å². The summed E-state index contributed by atoms with van der Waals surface area (Å²) in [7, 11) is 0. The Morgan fingerprint density at radius 3 is 2.43 bits per heavy atom. The van der Waals surface area contributed by atoms with E-state index >= 15 is 0 Å². The van der Waals surface area contributed by atoms with Gasteiger partial charge in [-0.1, -0.05) is 67.2 Å². The van der Waals surface area contributed by atoms with Crippen LogP contribution in [0.4, 0.5) is 0 Å². The largest absolute Gasteiger partial charge is 0.371 e. The van der Waals surface area contributed by atoms with Crippen molar-refractivity contribution in [2.45, 2.75) is 12.6 Å². The number of hydrogen-bond acceptors (Lipinski definition) is 2. The Balaban J connectivity index is 1.64. The van der Waals surface area contributed by atoms with E-state index in [1.54, 1.807) is 0 Å². The third kappa shape index (κ3) is 3.60. The second-order valence-corrected chi connectivity index (χ2v) is 5.47. The first kappa shape index (κ1) is 14.1. The van der Waals surface area contributed by atoms with Crippen molar-refractivity contribution in [2.24, 2.45) is 0 Å². The van der Waals surface area contributed by atoms with Gasteiger partial charge in [-0.05, 0) is 16.7 Å². The standard InChI is InChI=1S/C19H21NO/c1-16(18-10-6-3-7-11-18)19-15-20(12-13-21-19)14-17-8-4-2-5-9-17/h2-11,19H,1,12-15H2/t19-/m1/s1. The fourth-order valence-electron chi connectivity index (χ4n) is 2.74. The number of rotatable bonds is 4. The van der Waals surface area contributed by atoms with E-state index in [9.17, 15) is 0 Å². The van der Waals surface area contributed by atoms with Crippen LogP contribution in [0.15, 0.2) is 67.2 Å². The third-order valence-corrected chi connectivity index (χ3v) is 3.93. The summed E-state index contributed by atoms with van der Waals surface area (Å²) in [4.78, 5) is 2.44. The highest BCUT2D eigenvalue weighted by molar-refractivity contribution is 5.66. The molecule has 1 saturated heterocycles. The van der Waals surface area contributed by atoms with Crippen LogP contribution in [0.1, 0.15) is 11.1 Å². The zero-order valence-corrected chi connectivity index (χ0v) is 12.2. The normalized spacial score (nSPS) is 19.3. The first-order chi connectivity index (χ1) is 10.3. The molecule has 0 amide bonds. The fraction of sp³-hybridized carbons (Fsp3) is 0.263. The Bertz CT molecular complexity index is 579. The molecule has 0 spiro atoms. The van der Waals surface area contributed by atoms with E-state index in [0.29, 0.717) is 0 Å². The lowest BCUT2D eigenvalue weighted by Gasteiger charge is -2.34. The van der Waals surface area contributed by atoms with Crippen LogP contribution in [0.2, 0.25) is 0 Å². The van der Waals surface area contributed by atoms with Gasteiger partial charge in [0.25, 0.3) is 0 Å². The minimum atomic E-state index is 0.0878. The molecule has 108 valence electrons. The second kappa shape index (κ2) is 6.70. The zero-order chi connectivity index (χ0) is 14.5. The van der Waals surface area contributed by atoms with E-state index in [4.69, 9.17) is 4.74 Å². The minimum Gasteiger partial charge on any atom is -0.371 e. The highest BCUT2D eigenvalue weighted by atomic mass is 16.5. The first-order valence-electron chi connectivity index (χ1n) is 7.45. The lowest BCUT2D eigenvalue weighted by Crippen LogP contribution is -2.42. The first-order valence-corrected chi connectivity index (χ1v) is 7.45. The minimum absolute atomic E-state index is 0.0878. The van der Waals surface area contributed by atoms with Crippen LogP contribution < -0.4 is 0 Å². The van der Waals surface area contributed by atoms with E-state index in [-0.39, 0.29) is 6.10 Å². The highest BCUT2D eigenvalue weighted by Gasteiger charge is 2.23. The molecule has 0 aliphatic carbocycles. The molecule has 21 heavy (non-hydrogen) atoms. The maximum atomic E-state index is 5.92. The molecule has 0 bridgehead atoms. The highest BCUT2D eigenvalue weighted by Crippen LogP contribution is 2.22. The molecule has 1 fully saturated rings. The topological polar surface area (TPSA) is 12.5 Å². The molecule has 1 aliphatic rings. The van der Waals surface area contributed by atoms with Crippen molar-refractivity contribution in [3.05, 3.63) is 78.4 Å². The molecule has 2 aromatic carbocycles. The lowest BCUT2D eigenvalue weighted by atomic mass is 10.0. The van der Waals surface area contributed by atoms with Gasteiger partial charge in [0.15, 0.2) is 0 Å². The zero-order valence-electron chi connectivity index (χ0n) is 12.2. The van der Waals surface area contributed by atoms with Gasteiger partial charge in [0.05, 0.1) is 12.7 Å². The second-order valence-electron chi connectivity index (χ2n) is 5.47. The summed E-state index contributed by atoms with van der Waals surface area (Å²) in [5, 5.41) is 0. The molecule has 2 heteroatoms. The van der Waals surface area contributed by atoms with Gasteiger partial charge in [-0.15, -0.1) is 0 Å².